The Labute approximate surface area is 95.3 Å². The number of anilines is 1. The highest BCUT2D eigenvalue weighted by molar-refractivity contribution is 5.98. The minimum atomic E-state index is -0.109. The lowest BCUT2D eigenvalue weighted by Crippen LogP contribution is -2.27. The number of nitrogens with one attached hydrogen (secondary N) is 1. The van der Waals surface area contributed by atoms with E-state index in [2.05, 4.69) is 24.1 Å². The SMILES string of the molecule is CC1(C)CC1CNC(=O)c1ccncc1N. The average Bonchev–Trinajstić information content (AvgIpc) is 2.84. The molecule has 1 fully saturated rings. The molecule has 2 rings (SSSR count). The predicted octanol–water partition coefficient (Wildman–Crippen LogP) is 1.44. The molecule has 0 bridgehead atoms. The molecule has 4 nitrogen and oxygen atoms in total. The summed E-state index contributed by atoms with van der Waals surface area (Å²) in [5.41, 5.74) is 6.99. The van der Waals surface area contributed by atoms with E-state index in [9.17, 15) is 4.79 Å². The first-order valence-corrected chi connectivity index (χ1v) is 5.48. The average molecular weight is 219 g/mol. The number of carbonyl (C=O) groups is 1. The molecule has 1 aromatic heterocycles. The molecule has 0 saturated heterocycles. The van der Waals surface area contributed by atoms with E-state index >= 15 is 0 Å². The van der Waals surface area contributed by atoms with E-state index in [1.165, 1.54) is 12.6 Å². The Hall–Kier alpha value is -1.58. The van der Waals surface area contributed by atoms with Crippen molar-refractivity contribution >= 4 is 11.6 Å². The Balaban J connectivity index is 1.92. The van der Waals surface area contributed by atoms with Crippen LogP contribution in [-0.4, -0.2) is 17.4 Å². The number of carbonyl (C=O) groups excluding carboxylic acids is 1. The number of hydrogen-bond donors (Lipinski definition) is 2. The predicted molar refractivity (Wildman–Crippen MR) is 62.9 cm³/mol. The molecular weight excluding hydrogens is 202 g/mol. The van der Waals surface area contributed by atoms with Gasteiger partial charge in [-0.2, -0.15) is 0 Å². The van der Waals surface area contributed by atoms with Gasteiger partial charge < -0.3 is 11.1 Å². The fraction of sp³-hybridized carbons (Fsp3) is 0.500. The highest BCUT2D eigenvalue weighted by atomic mass is 16.1. The van der Waals surface area contributed by atoms with Crippen LogP contribution in [0.2, 0.25) is 0 Å². The van der Waals surface area contributed by atoms with Crippen molar-refractivity contribution in [2.24, 2.45) is 11.3 Å². The number of amides is 1. The van der Waals surface area contributed by atoms with Gasteiger partial charge in [0, 0.05) is 12.7 Å². The Bertz CT molecular complexity index is 414. The van der Waals surface area contributed by atoms with Gasteiger partial charge >= 0.3 is 0 Å². The molecule has 1 heterocycles. The van der Waals surface area contributed by atoms with Crippen LogP contribution in [0.3, 0.4) is 0 Å². The Morgan fingerprint density at radius 1 is 1.69 bits per heavy atom. The molecule has 3 N–H and O–H groups in total. The number of aromatic nitrogens is 1. The quantitative estimate of drug-likeness (QED) is 0.808. The van der Waals surface area contributed by atoms with Crippen LogP contribution in [0.25, 0.3) is 0 Å². The van der Waals surface area contributed by atoms with Gasteiger partial charge in [0.2, 0.25) is 0 Å². The number of rotatable bonds is 3. The van der Waals surface area contributed by atoms with E-state index < -0.39 is 0 Å². The first kappa shape index (κ1) is 10.9. The van der Waals surface area contributed by atoms with E-state index in [1.54, 1.807) is 12.3 Å². The van der Waals surface area contributed by atoms with Crippen LogP contribution in [-0.2, 0) is 0 Å². The van der Waals surface area contributed by atoms with Crippen LogP contribution in [0.4, 0.5) is 5.69 Å². The summed E-state index contributed by atoms with van der Waals surface area (Å²) in [7, 11) is 0. The summed E-state index contributed by atoms with van der Waals surface area (Å²) in [5.74, 6) is 0.488. The lowest BCUT2D eigenvalue weighted by Gasteiger charge is -2.07. The van der Waals surface area contributed by atoms with E-state index in [4.69, 9.17) is 5.73 Å². The molecule has 0 aromatic carbocycles. The van der Waals surface area contributed by atoms with Crippen LogP contribution in [0, 0.1) is 11.3 Å². The van der Waals surface area contributed by atoms with Gasteiger partial charge in [0.1, 0.15) is 0 Å². The molecule has 1 amide bonds. The van der Waals surface area contributed by atoms with E-state index in [0.29, 0.717) is 22.6 Å². The summed E-state index contributed by atoms with van der Waals surface area (Å²) in [6.07, 6.45) is 4.25. The molecule has 1 atom stereocenters. The molecule has 1 saturated carbocycles. The van der Waals surface area contributed by atoms with E-state index in [0.717, 1.165) is 6.54 Å². The zero-order valence-electron chi connectivity index (χ0n) is 9.66. The van der Waals surface area contributed by atoms with E-state index in [1.807, 2.05) is 0 Å². The maximum Gasteiger partial charge on any atom is 0.253 e. The van der Waals surface area contributed by atoms with Crippen LogP contribution in [0.1, 0.15) is 30.6 Å². The fourth-order valence-corrected chi connectivity index (χ4v) is 1.85. The second-order valence-electron chi connectivity index (χ2n) is 5.06. The van der Waals surface area contributed by atoms with Crippen molar-refractivity contribution in [3.05, 3.63) is 24.0 Å². The summed E-state index contributed by atoms with van der Waals surface area (Å²) in [6.45, 7) is 5.16. The molecule has 1 aromatic rings. The third kappa shape index (κ3) is 2.15. The van der Waals surface area contributed by atoms with Crippen molar-refractivity contribution < 1.29 is 4.79 Å². The third-order valence-electron chi connectivity index (χ3n) is 3.32. The molecular formula is C12H17N3O. The van der Waals surface area contributed by atoms with Crippen LogP contribution in [0.5, 0.6) is 0 Å². The smallest absolute Gasteiger partial charge is 0.253 e. The van der Waals surface area contributed by atoms with Gasteiger partial charge in [0.25, 0.3) is 5.91 Å². The lowest BCUT2D eigenvalue weighted by molar-refractivity contribution is 0.0951. The normalized spacial score (nSPS) is 21.5. The number of nitrogens with two attached hydrogens (primary N) is 1. The largest absolute Gasteiger partial charge is 0.397 e. The summed E-state index contributed by atoms with van der Waals surface area (Å²) >= 11 is 0. The molecule has 1 unspecified atom stereocenters. The Kier molecular flexibility index (Phi) is 2.58. The fourth-order valence-electron chi connectivity index (χ4n) is 1.85. The standard InChI is InChI=1S/C12H17N3O/c1-12(2)5-8(12)6-15-11(16)9-3-4-14-7-10(9)13/h3-4,7-8H,5-6,13H2,1-2H3,(H,15,16). The van der Waals surface area contributed by atoms with Gasteiger partial charge in [-0.05, 0) is 23.8 Å². The molecule has 1 aliphatic rings. The molecule has 0 aliphatic heterocycles. The number of hydrogen-bond acceptors (Lipinski definition) is 3. The van der Waals surface area contributed by atoms with Gasteiger partial charge in [-0.1, -0.05) is 13.8 Å². The molecule has 4 heteroatoms. The topological polar surface area (TPSA) is 68.0 Å². The van der Waals surface area contributed by atoms with Gasteiger partial charge in [-0.25, -0.2) is 0 Å². The highest BCUT2D eigenvalue weighted by Gasteiger charge is 2.45. The lowest BCUT2D eigenvalue weighted by atomic mass is 10.1. The van der Waals surface area contributed by atoms with Crippen molar-refractivity contribution in [3.63, 3.8) is 0 Å². The summed E-state index contributed by atoms with van der Waals surface area (Å²) in [4.78, 5) is 15.6. The van der Waals surface area contributed by atoms with E-state index in [-0.39, 0.29) is 5.91 Å². The van der Waals surface area contributed by atoms with Crippen LogP contribution in [0.15, 0.2) is 18.5 Å². The first-order chi connectivity index (χ1) is 7.50. The zero-order chi connectivity index (χ0) is 11.8. The maximum atomic E-state index is 11.8. The molecule has 0 spiro atoms. The van der Waals surface area contributed by atoms with Gasteiger partial charge in [-0.15, -0.1) is 0 Å². The minimum absolute atomic E-state index is 0.109. The number of nitrogen functional groups attached to an aromatic ring is 1. The van der Waals surface area contributed by atoms with Crippen LogP contribution < -0.4 is 11.1 Å². The number of nitrogens with zero attached hydrogens (tertiary/aromatic N) is 1. The Morgan fingerprint density at radius 2 is 2.38 bits per heavy atom. The Morgan fingerprint density at radius 3 is 2.94 bits per heavy atom. The summed E-state index contributed by atoms with van der Waals surface area (Å²) in [5, 5.41) is 2.91. The summed E-state index contributed by atoms with van der Waals surface area (Å²) in [6, 6.07) is 1.64. The zero-order valence-corrected chi connectivity index (χ0v) is 9.66. The minimum Gasteiger partial charge on any atom is -0.397 e. The van der Waals surface area contributed by atoms with Crippen molar-refractivity contribution in [1.82, 2.24) is 10.3 Å². The number of pyridine rings is 1. The van der Waals surface area contributed by atoms with Gasteiger partial charge in [-0.3, -0.25) is 9.78 Å². The van der Waals surface area contributed by atoms with Crippen molar-refractivity contribution in [2.75, 3.05) is 12.3 Å². The van der Waals surface area contributed by atoms with Crippen LogP contribution >= 0.6 is 0 Å². The molecule has 1 aliphatic carbocycles. The van der Waals surface area contributed by atoms with Crippen molar-refractivity contribution in [3.8, 4) is 0 Å². The van der Waals surface area contributed by atoms with Gasteiger partial charge in [0.05, 0.1) is 17.4 Å². The molecule has 86 valence electrons. The second kappa shape index (κ2) is 3.77. The maximum absolute atomic E-state index is 11.8. The highest BCUT2D eigenvalue weighted by Crippen LogP contribution is 2.50. The summed E-state index contributed by atoms with van der Waals surface area (Å²) < 4.78 is 0. The third-order valence-corrected chi connectivity index (χ3v) is 3.32. The van der Waals surface area contributed by atoms with Crippen molar-refractivity contribution in [1.29, 1.82) is 0 Å². The molecule has 0 radical (unpaired) electrons. The molecule has 16 heavy (non-hydrogen) atoms. The monoisotopic (exact) mass is 219 g/mol. The van der Waals surface area contributed by atoms with Gasteiger partial charge in [0.15, 0.2) is 0 Å². The first-order valence-electron chi connectivity index (χ1n) is 5.48. The second-order valence-corrected chi connectivity index (χ2v) is 5.06. The van der Waals surface area contributed by atoms with Crippen molar-refractivity contribution in [2.45, 2.75) is 20.3 Å².